The van der Waals surface area contributed by atoms with Crippen molar-refractivity contribution < 1.29 is 14.4 Å². The van der Waals surface area contributed by atoms with Crippen molar-refractivity contribution in [1.82, 2.24) is 5.01 Å². The molecule has 2 atom stereocenters. The Balaban J connectivity index is 1.49. The van der Waals surface area contributed by atoms with Gasteiger partial charge in [-0.05, 0) is 43.7 Å². The molecule has 0 bridgehead atoms. The number of aryl methyl sites for hydroxylation is 2. The van der Waals surface area contributed by atoms with E-state index in [1.54, 1.807) is 30.3 Å². The maximum absolute atomic E-state index is 12.9. The standard InChI is InChI=1S/C20H18ClN5O3/c1-11-3-7-14(8-4-11)26-19(28)17-18(20(26)29)25(24-23-17)10-16(27)22-15-9-13(21)6-5-12(15)2/h3-9,17-18H,10H2,1-2H3,(H,22,27). The van der Waals surface area contributed by atoms with E-state index in [0.29, 0.717) is 16.4 Å². The Kier molecular flexibility index (Phi) is 4.79. The van der Waals surface area contributed by atoms with E-state index in [1.165, 1.54) is 5.01 Å². The van der Waals surface area contributed by atoms with Gasteiger partial charge in [0, 0.05) is 10.7 Å². The van der Waals surface area contributed by atoms with Gasteiger partial charge in [-0.3, -0.25) is 19.4 Å². The summed E-state index contributed by atoms with van der Waals surface area (Å²) >= 11 is 5.98. The van der Waals surface area contributed by atoms with Crippen LogP contribution in [0, 0.1) is 13.8 Å². The first kappa shape index (κ1) is 19.1. The minimum absolute atomic E-state index is 0.211. The van der Waals surface area contributed by atoms with Crippen LogP contribution < -0.4 is 10.2 Å². The lowest BCUT2D eigenvalue weighted by Crippen LogP contribution is -2.43. The number of fused-ring (bicyclic) bond motifs is 1. The SMILES string of the molecule is Cc1ccc(N2C(=O)C3N=NN(CC(=O)Nc4cc(Cl)ccc4C)C3C2=O)cc1. The molecule has 3 amide bonds. The Bertz CT molecular complexity index is 1040. The third kappa shape index (κ3) is 3.47. The highest BCUT2D eigenvalue weighted by atomic mass is 35.5. The number of benzene rings is 2. The van der Waals surface area contributed by atoms with Crippen molar-refractivity contribution in [2.75, 3.05) is 16.8 Å². The molecule has 1 saturated heterocycles. The van der Waals surface area contributed by atoms with Crippen LogP contribution in [0.3, 0.4) is 0 Å². The van der Waals surface area contributed by atoms with Gasteiger partial charge in [-0.2, -0.15) is 5.11 Å². The maximum Gasteiger partial charge on any atom is 0.263 e. The zero-order valence-electron chi connectivity index (χ0n) is 15.8. The van der Waals surface area contributed by atoms with Crippen LogP contribution in [0.2, 0.25) is 5.02 Å². The number of hydrogen-bond donors (Lipinski definition) is 1. The van der Waals surface area contributed by atoms with Gasteiger partial charge >= 0.3 is 0 Å². The van der Waals surface area contributed by atoms with Crippen molar-refractivity contribution in [1.29, 1.82) is 0 Å². The molecule has 2 heterocycles. The third-order valence-corrected chi connectivity index (χ3v) is 5.16. The smallest absolute Gasteiger partial charge is 0.263 e. The van der Waals surface area contributed by atoms with Gasteiger partial charge in [-0.25, -0.2) is 4.90 Å². The summed E-state index contributed by atoms with van der Waals surface area (Å²) in [5.41, 5.74) is 2.92. The van der Waals surface area contributed by atoms with Gasteiger partial charge in [0.05, 0.1) is 5.69 Å². The van der Waals surface area contributed by atoms with Gasteiger partial charge in [-0.15, -0.1) is 0 Å². The van der Waals surface area contributed by atoms with Gasteiger partial charge in [0.25, 0.3) is 11.8 Å². The molecule has 2 unspecified atom stereocenters. The van der Waals surface area contributed by atoms with E-state index >= 15 is 0 Å². The molecule has 0 aromatic heterocycles. The minimum Gasteiger partial charge on any atom is -0.324 e. The van der Waals surface area contributed by atoms with Crippen LogP contribution in [-0.2, 0) is 14.4 Å². The number of imide groups is 1. The molecule has 2 aromatic carbocycles. The van der Waals surface area contributed by atoms with E-state index in [-0.39, 0.29) is 12.5 Å². The molecular formula is C20H18ClN5O3. The Labute approximate surface area is 172 Å². The highest BCUT2D eigenvalue weighted by Gasteiger charge is 2.55. The summed E-state index contributed by atoms with van der Waals surface area (Å²) in [6, 6.07) is 10.4. The first-order chi connectivity index (χ1) is 13.8. The average molecular weight is 412 g/mol. The second-order valence-corrected chi connectivity index (χ2v) is 7.48. The molecule has 2 aliphatic rings. The van der Waals surface area contributed by atoms with E-state index in [9.17, 15) is 14.4 Å². The topological polar surface area (TPSA) is 94.4 Å². The summed E-state index contributed by atoms with van der Waals surface area (Å²) < 4.78 is 0. The fraction of sp³-hybridized carbons (Fsp3) is 0.250. The molecule has 0 spiro atoms. The normalized spacial score (nSPS) is 20.4. The largest absolute Gasteiger partial charge is 0.324 e. The van der Waals surface area contributed by atoms with Gasteiger partial charge in [0.2, 0.25) is 5.91 Å². The summed E-state index contributed by atoms with van der Waals surface area (Å²) in [4.78, 5) is 39.2. The van der Waals surface area contributed by atoms with Crippen molar-refractivity contribution in [3.8, 4) is 0 Å². The summed E-state index contributed by atoms with van der Waals surface area (Å²) in [6.45, 7) is 3.55. The lowest BCUT2D eigenvalue weighted by Gasteiger charge is -2.20. The predicted molar refractivity (Wildman–Crippen MR) is 108 cm³/mol. The Morgan fingerprint density at radius 3 is 2.55 bits per heavy atom. The number of anilines is 2. The first-order valence-corrected chi connectivity index (χ1v) is 9.41. The van der Waals surface area contributed by atoms with Crippen molar-refractivity contribution in [2.24, 2.45) is 10.3 Å². The molecule has 2 aliphatic heterocycles. The average Bonchev–Trinajstić information content (AvgIpc) is 3.19. The summed E-state index contributed by atoms with van der Waals surface area (Å²) in [6.07, 6.45) is 0. The molecule has 9 heteroatoms. The van der Waals surface area contributed by atoms with Gasteiger partial charge in [0.15, 0.2) is 12.1 Å². The second-order valence-electron chi connectivity index (χ2n) is 7.05. The third-order valence-electron chi connectivity index (χ3n) is 4.93. The number of halogens is 1. The molecule has 0 radical (unpaired) electrons. The summed E-state index contributed by atoms with van der Waals surface area (Å²) in [7, 11) is 0. The number of hydrogen-bond acceptors (Lipinski definition) is 6. The zero-order chi connectivity index (χ0) is 20.7. The van der Waals surface area contributed by atoms with E-state index in [4.69, 9.17) is 11.6 Å². The van der Waals surface area contributed by atoms with Crippen molar-refractivity contribution >= 4 is 40.7 Å². The molecule has 148 valence electrons. The minimum atomic E-state index is -0.940. The number of amides is 3. The highest BCUT2D eigenvalue weighted by Crippen LogP contribution is 2.32. The van der Waals surface area contributed by atoms with Crippen molar-refractivity contribution in [2.45, 2.75) is 25.9 Å². The quantitative estimate of drug-likeness (QED) is 0.782. The summed E-state index contributed by atoms with van der Waals surface area (Å²) in [5.74, 6) is -1.27. The number of nitrogens with zero attached hydrogens (tertiary/aromatic N) is 4. The number of rotatable bonds is 4. The number of carbonyl (C=O) groups excluding carboxylic acids is 3. The molecule has 8 nitrogen and oxygen atoms in total. The molecule has 1 fully saturated rings. The lowest BCUT2D eigenvalue weighted by atomic mass is 10.1. The van der Waals surface area contributed by atoms with Gasteiger partial charge in [-0.1, -0.05) is 40.6 Å². The maximum atomic E-state index is 12.9. The van der Waals surface area contributed by atoms with Crippen molar-refractivity contribution in [3.05, 3.63) is 58.6 Å². The van der Waals surface area contributed by atoms with Crippen LogP contribution in [0.15, 0.2) is 52.8 Å². The van der Waals surface area contributed by atoms with Crippen molar-refractivity contribution in [3.63, 3.8) is 0 Å². The molecule has 29 heavy (non-hydrogen) atoms. The Morgan fingerprint density at radius 2 is 1.83 bits per heavy atom. The Morgan fingerprint density at radius 1 is 1.10 bits per heavy atom. The van der Waals surface area contributed by atoms with E-state index in [2.05, 4.69) is 15.7 Å². The molecule has 1 N–H and O–H groups in total. The molecule has 4 rings (SSSR count). The van der Waals surface area contributed by atoms with Crippen LogP contribution in [0.1, 0.15) is 11.1 Å². The molecule has 0 aliphatic carbocycles. The van der Waals surface area contributed by atoms with Gasteiger partial charge in [0.1, 0.15) is 6.54 Å². The number of carbonyl (C=O) groups is 3. The van der Waals surface area contributed by atoms with Crippen LogP contribution in [0.4, 0.5) is 11.4 Å². The predicted octanol–water partition coefficient (Wildman–Crippen LogP) is 2.89. The fourth-order valence-corrected chi connectivity index (χ4v) is 3.54. The highest BCUT2D eigenvalue weighted by molar-refractivity contribution is 6.31. The molecular weight excluding hydrogens is 394 g/mol. The van der Waals surface area contributed by atoms with Crippen LogP contribution in [-0.4, -0.2) is 41.4 Å². The monoisotopic (exact) mass is 411 g/mol. The van der Waals surface area contributed by atoms with Crippen LogP contribution in [0.25, 0.3) is 0 Å². The zero-order valence-corrected chi connectivity index (χ0v) is 16.6. The summed E-state index contributed by atoms with van der Waals surface area (Å²) in [5, 5.41) is 12.3. The Hall–Kier alpha value is -3.26. The molecule has 2 aromatic rings. The van der Waals surface area contributed by atoms with E-state index in [0.717, 1.165) is 16.0 Å². The van der Waals surface area contributed by atoms with Crippen LogP contribution >= 0.6 is 11.6 Å². The number of nitrogens with one attached hydrogen (secondary N) is 1. The van der Waals surface area contributed by atoms with Crippen LogP contribution in [0.5, 0.6) is 0 Å². The fourth-order valence-electron chi connectivity index (χ4n) is 3.37. The first-order valence-electron chi connectivity index (χ1n) is 9.03. The second kappa shape index (κ2) is 7.29. The van der Waals surface area contributed by atoms with Gasteiger partial charge < -0.3 is 5.32 Å². The lowest BCUT2D eigenvalue weighted by molar-refractivity contribution is -0.123. The van der Waals surface area contributed by atoms with E-state index in [1.807, 2.05) is 26.0 Å². The molecule has 0 saturated carbocycles. The van der Waals surface area contributed by atoms with E-state index < -0.39 is 23.9 Å².